The number of aryl methyl sites for hydroxylation is 1. The average Bonchev–Trinajstić information content (AvgIpc) is 2.88. The third-order valence-corrected chi connectivity index (χ3v) is 4.08. The van der Waals surface area contributed by atoms with Crippen LogP contribution in [0.15, 0.2) is 29.4 Å². The van der Waals surface area contributed by atoms with E-state index >= 15 is 0 Å². The Kier molecular flexibility index (Phi) is 6.04. The number of thioether (sulfide) groups is 1. The minimum atomic E-state index is -0.0740. The molecule has 23 heavy (non-hydrogen) atoms. The summed E-state index contributed by atoms with van der Waals surface area (Å²) in [5, 5.41) is 11.8. The van der Waals surface area contributed by atoms with Crippen LogP contribution in [0.5, 0.6) is 5.75 Å². The third kappa shape index (κ3) is 4.72. The fourth-order valence-electron chi connectivity index (χ4n) is 2.17. The summed E-state index contributed by atoms with van der Waals surface area (Å²) in [6, 6.07) is 7.60. The lowest BCUT2D eigenvalue weighted by Gasteiger charge is -2.11. The quantitative estimate of drug-likeness (QED) is 0.787. The molecule has 0 unspecified atom stereocenters. The standard InChI is InChI=1S/C16H22N4O2S/c1-5-22-14-8-6-13(7-9-14)17-15(21)10-23-16-19-18-12(4)20(16)11(2)3/h6-9,11H,5,10H2,1-4H3,(H,17,21). The Hall–Kier alpha value is -2.02. The summed E-state index contributed by atoms with van der Waals surface area (Å²) in [6.07, 6.45) is 0. The van der Waals surface area contributed by atoms with E-state index in [4.69, 9.17) is 4.74 Å². The Bertz CT molecular complexity index is 653. The number of amides is 1. The highest BCUT2D eigenvalue weighted by atomic mass is 32.2. The lowest BCUT2D eigenvalue weighted by molar-refractivity contribution is -0.113. The number of nitrogens with one attached hydrogen (secondary N) is 1. The van der Waals surface area contributed by atoms with Crippen LogP contribution in [0.2, 0.25) is 0 Å². The number of rotatable bonds is 7. The summed E-state index contributed by atoms with van der Waals surface area (Å²) < 4.78 is 7.40. The molecule has 0 saturated carbocycles. The predicted molar refractivity (Wildman–Crippen MR) is 92.1 cm³/mol. The zero-order valence-electron chi connectivity index (χ0n) is 13.9. The lowest BCUT2D eigenvalue weighted by Crippen LogP contribution is -2.15. The Morgan fingerprint density at radius 2 is 2.00 bits per heavy atom. The van der Waals surface area contributed by atoms with E-state index < -0.39 is 0 Å². The highest BCUT2D eigenvalue weighted by molar-refractivity contribution is 7.99. The van der Waals surface area contributed by atoms with Crippen molar-refractivity contribution >= 4 is 23.4 Å². The first kappa shape index (κ1) is 17.3. The van der Waals surface area contributed by atoms with E-state index in [9.17, 15) is 4.79 Å². The van der Waals surface area contributed by atoms with E-state index in [-0.39, 0.29) is 17.7 Å². The number of benzene rings is 1. The Morgan fingerprint density at radius 1 is 1.30 bits per heavy atom. The molecule has 1 heterocycles. The molecule has 2 aromatic rings. The van der Waals surface area contributed by atoms with Gasteiger partial charge in [-0.1, -0.05) is 11.8 Å². The van der Waals surface area contributed by atoms with Gasteiger partial charge in [-0.25, -0.2) is 0 Å². The van der Waals surface area contributed by atoms with Crippen LogP contribution in [-0.4, -0.2) is 33.0 Å². The first-order chi connectivity index (χ1) is 11.0. The van der Waals surface area contributed by atoms with Gasteiger partial charge in [0.15, 0.2) is 5.16 Å². The minimum Gasteiger partial charge on any atom is -0.494 e. The van der Waals surface area contributed by atoms with E-state index in [1.165, 1.54) is 11.8 Å². The highest BCUT2D eigenvalue weighted by Crippen LogP contribution is 2.21. The van der Waals surface area contributed by atoms with Crippen molar-refractivity contribution in [1.29, 1.82) is 0 Å². The molecule has 0 aliphatic heterocycles. The Morgan fingerprint density at radius 3 is 2.61 bits per heavy atom. The van der Waals surface area contributed by atoms with Gasteiger partial charge in [0.05, 0.1) is 12.4 Å². The summed E-state index contributed by atoms with van der Waals surface area (Å²) in [4.78, 5) is 12.1. The molecule has 0 fully saturated rings. The molecule has 124 valence electrons. The second-order valence-electron chi connectivity index (χ2n) is 5.29. The van der Waals surface area contributed by atoms with Gasteiger partial charge in [0.25, 0.3) is 0 Å². The number of hydrogen-bond acceptors (Lipinski definition) is 5. The minimum absolute atomic E-state index is 0.0740. The molecule has 0 saturated heterocycles. The summed E-state index contributed by atoms with van der Waals surface area (Å²) in [5.41, 5.74) is 0.751. The van der Waals surface area contributed by atoms with Crippen LogP contribution < -0.4 is 10.1 Å². The van der Waals surface area contributed by atoms with Crippen molar-refractivity contribution in [3.63, 3.8) is 0 Å². The molecule has 1 amide bonds. The third-order valence-electron chi connectivity index (χ3n) is 3.13. The largest absolute Gasteiger partial charge is 0.494 e. The van der Waals surface area contributed by atoms with Gasteiger partial charge >= 0.3 is 0 Å². The molecule has 0 radical (unpaired) electrons. The van der Waals surface area contributed by atoms with Crippen LogP contribution in [0.3, 0.4) is 0 Å². The Labute approximate surface area is 140 Å². The van der Waals surface area contributed by atoms with E-state index in [1.54, 1.807) is 0 Å². The molecule has 2 rings (SSSR count). The highest BCUT2D eigenvalue weighted by Gasteiger charge is 2.13. The van der Waals surface area contributed by atoms with Gasteiger partial charge in [-0.05, 0) is 52.0 Å². The van der Waals surface area contributed by atoms with Crippen molar-refractivity contribution in [2.24, 2.45) is 0 Å². The SMILES string of the molecule is CCOc1ccc(NC(=O)CSc2nnc(C)n2C(C)C)cc1. The van der Waals surface area contributed by atoms with Gasteiger partial charge in [-0.15, -0.1) is 10.2 Å². The maximum atomic E-state index is 12.1. The van der Waals surface area contributed by atoms with E-state index in [0.29, 0.717) is 6.61 Å². The zero-order chi connectivity index (χ0) is 16.8. The summed E-state index contributed by atoms with van der Waals surface area (Å²) in [5.74, 6) is 1.86. The average molecular weight is 334 g/mol. The zero-order valence-corrected chi connectivity index (χ0v) is 14.7. The van der Waals surface area contributed by atoms with E-state index in [1.807, 2.05) is 42.7 Å². The molecule has 0 spiro atoms. The van der Waals surface area contributed by atoms with Crippen LogP contribution in [-0.2, 0) is 4.79 Å². The van der Waals surface area contributed by atoms with Gasteiger partial charge in [0.2, 0.25) is 5.91 Å². The van der Waals surface area contributed by atoms with Gasteiger partial charge in [-0.2, -0.15) is 0 Å². The van der Waals surface area contributed by atoms with Crippen molar-refractivity contribution in [3.05, 3.63) is 30.1 Å². The van der Waals surface area contributed by atoms with Crippen molar-refractivity contribution in [2.75, 3.05) is 17.7 Å². The van der Waals surface area contributed by atoms with E-state index in [0.717, 1.165) is 22.4 Å². The summed E-state index contributed by atoms with van der Waals surface area (Å²) in [7, 11) is 0. The monoisotopic (exact) mass is 334 g/mol. The Balaban J connectivity index is 1.90. The van der Waals surface area contributed by atoms with Gasteiger partial charge in [0, 0.05) is 11.7 Å². The fourth-order valence-corrected chi connectivity index (χ4v) is 3.08. The number of nitrogens with zero attached hydrogens (tertiary/aromatic N) is 3. The molecule has 6 nitrogen and oxygen atoms in total. The molecule has 1 N–H and O–H groups in total. The number of aromatic nitrogens is 3. The van der Waals surface area contributed by atoms with Crippen LogP contribution in [0.4, 0.5) is 5.69 Å². The summed E-state index contributed by atoms with van der Waals surface area (Å²) in [6.45, 7) is 8.61. The van der Waals surface area contributed by atoms with E-state index in [2.05, 4.69) is 29.4 Å². The number of carbonyl (C=O) groups is 1. The smallest absolute Gasteiger partial charge is 0.234 e. The molecule has 0 atom stereocenters. The second-order valence-corrected chi connectivity index (χ2v) is 6.23. The normalized spacial score (nSPS) is 10.8. The molecule has 7 heteroatoms. The second kappa shape index (κ2) is 8.01. The fraction of sp³-hybridized carbons (Fsp3) is 0.438. The van der Waals surface area contributed by atoms with Gasteiger partial charge < -0.3 is 14.6 Å². The van der Waals surface area contributed by atoms with Crippen molar-refractivity contribution in [1.82, 2.24) is 14.8 Å². The molecule has 0 aliphatic rings. The number of hydrogen-bond donors (Lipinski definition) is 1. The van der Waals surface area contributed by atoms with Gasteiger partial charge in [0.1, 0.15) is 11.6 Å². The number of ether oxygens (including phenoxy) is 1. The molecular formula is C16H22N4O2S. The number of carbonyl (C=O) groups excluding carboxylic acids is 1. The topological polar surface area (TPSA) is 69.0 Å². The van der Waals surface area contributed by atoms with Crippen molar-refractivity contribution in [3.8, 4) is 5.75 Å². The van der Waals surface area contributed by atoms with Crippen molar-refractivity contribution < 1.29 is 9.53 Å². The number of anilines is 1. The van der Waals surface area contributed by atoms with Crippen LogP contribution in [0, 0.1) is 6.92 Å². The molecule has 1 aromatic carbocycles. The summed E-state index contributed by atoms with van der Waals surface area (Å²) >= 11 is 1.39. The molecule has 0 bridgehead atoms. The molecule has 0 aliphatic carbocycles. The van der Waals surface area contributed by atoms with Crippen LogP contribution >= 0.6 is 11.8 Å². The van der Waals surface area contributed by atoms with Crippen molar-refractivity contribution in [2.45, 2.75) is 38.9 Å². The maximum absolute atomic E-state index is 12.1. The van der Waals surface area contributed by atoms with Gasteiger partial charge in [-0.3, -0.25) is 4.79 Å². The molecular weight excluding hydrogens is 312 g/mol. The predicted octanol–water partition coefficient (Wildman–Crippen LogP) is 3.30. The first-order valence-corrected chi connectivity index (χ1v) is 8.56. The van der Waals surface area contributed by atoms with Crippen LogP contribution in [0.1, 0.15) is 32.6 Å². The lowest BCUT2D eigenvalue weighted by atomic mass is 10.3. The maximum Gasteiger partial charge on any atom is 0.234 e. The first-order valence-electron chi connectivity index (χ1n) is 7.58. The molecule has 1 aromatic heterocycles. The van der Waals surface area contributed by atoms with Crippen LogP contribution in [0.25, 0.3) is 0 Å².